The highest BCUT2D eigenvalue weighted by Gasteiger charge is 2.17. The number of nitrogens with one attached hydrogen (secondary N) is 2. The van der Waals surface area contributed by atoms with E-state index >= 15 is 0 Å². The van der Waals surface area contributed by atoms with Crippen LogP contribution in [0.1, 0.15) is 16.7 Å². The highest BCUT2D eigenvalue weighted by atomic mass is 32.2. The SMILES string of the molecule is Cc1ccc2[nH]c(=O)c(CCNS(=O)(=O)c3ccc(F)cc3C)cc2c1. The zero-order chi connectivity index (χ0) is 18.9. The quantitative estimate of drug-likeness (QED) is 0.721. The molecule has 5 nitrogen and oxygen atoms in total. The Balaban J connectivity index is 1.78. The summed E-state index contributed by atoms with van der Waals surface area (Å²) in [5, 5.41) is 0.900. The van der Waals surface area contributed by atoms with Crippen molar-refractivity contribution in [3.8, 4) is 0 Å². The molecule has 0 atom stereocenters. The molecule has 3 aromatic rings. The van der Waals surface area contributed by atoms with E-state index in [2.05, 4.69) is 9.71 Å². The number of sulfonamides is 1. The van der Waals surface area contributed by atoms with Gasteiger partial charge in [0.05, 0.1) is 4.90 Å². The van der Waals surface area contributed by atoms with Crippen LogP contribution in [0.3, 0.4) is 0 Å². The van der Waals surface area contributed by atoms with Gasteiger partial charge in [-0.15, -0.1) is 0 Å². The van der Waals surface area contributed by atoms with Crippen LogP contribution in [0.2, 0.25) is 0 Å². The predicted molar refractivity (Wildman–Crippen MR) is 99.3 cm³/mol. The molecule has 0 aliphatic rings. The Hall–Kier alpha value is -2.51. The number of hydrogen-bond donors (Lipinski definition) is 2. The van der Waals surface area contributed by atoms with Gasteiger partial charge in [0.1, 0.15) is 5.82 Å². The van der Waals surface area contributed by atoms with Crippen LogP contribution in [0, 0.1) is 19.7 Å². The van der Waals surface area contributed by atoms with Gasteiger partial charge in [0, 0.05) is 17.6 Å². The van der Waals surface area contributed by atoms with Gasteiger partial charge in [0.15, 0.2) is 0 Å². The van der Waals surface area contributed by atoms with Gasteiger partial charge in [-0.3, -0.25) is 4.79 Å². The third-order valence-corrected chi connectivity index (χ3v) is 5.81. The molecule has 0 saturated heterocycles. The lowest BCUT2D eigenvalue weighted by Gasteiger charge is -2.09. The number of rotatable bonds is 5. The molecule has 1 heterocycles. The summed E-state index contributed by atoms with van der Waals surface area (Å²) in [5.41, 5.74) is 2.41. The molecule has 2 aromatic carbocycles. The van der Waals surface area contributed by atoms with Gasteiger partial charge in [-0.05, 0) is 67.6 Å². The first-order valence-corrected chi connectivity index (χ1v) is 9.63. The van der Waals surface area contributed by atoms with Gasteiger partial charge < -0.3 is 4.98 Å². The maximum Gasteiger partial charge on any atom is 0.251 e. The summed E-state index contributed by atoms with van der Waals surface area (Å²) in [6, 6.07) is 11.0. The van der Waals surface area contributed by atoms with Crippen LogP contribution >= 0.6 is 0 Å². The number of H-pyrrole nitrogens is 1. The Labute approximate surface area is 150 Å². The molecule has 0 radical (unpaired) electrons. The molecule has 7 heteroatoms. The highest BCUT2D eigenvalue weighted by molar-refractivity contribution is 7.89. The second-order valence-electron chi connectivity index (χ2n) is 6.27. The summed E-state index contributed by atoms with van der Waals surface area (Å²) >= 11 is 0. The van der Waals surface area contributed by atoms with E-state index in [4.69, 9.17) is 0 Å². The molecule has 0 spiro atoms. The molecule has 1 aromatic heterocycles. The van der Waals surface area contributed by atoms with E-state index in [1.807, 2.05) is 25.1 Å². The average Bonchev–Trinajstić information content (AvgIpc) is 2.55. The molecular weight excluding hydrogens is 355 g/mol. The summed E-state index contributed by atoms with van der Waals surface area (Å²) in [5.74, 6) is -0.487. The van der Waals surface area contributed by atoms with Gasteiger partial charge >= 0.3 is 0 Å². The zero-order valence-corrected chi connectivity index (χ0v) is 15.3. The van der Waals surface area contributed by atoms with Crippen molar-refractivity contribution in [2.24, 2.45) is 0 Å². The fourth-order valence-corrected chi connectivity index (χ4v) is 4.13. The summed E-state index contributed by atoms with van der Waals surface area (Å²) in [4.78, 5) is 15.0. The van der Waals surface area contributed by atoms with Crippen LogP contribution in [0.4, 0.5) is 4.39 Å². The summed E-state index contributed by atoms with van der Waals surface area (Å²) in [7, 11) is -3.77. The van der Waals surface area contributed by atoms with Crippen LogP contribution in [0.25, 0.3) is 10.9 Å². The number of aromatic amines is 1. The standard InChI is InChI=1S/C19H19FN2O3S/c1-12-3-5-17-15(9-12)11-14(19(23)22-17)7-8-21-26(24,25)18-6-4-16(20)10-13(18)2/h3-6,9-11,21H,7-8H2,1-2H3,(H,22,23). The highest BCUT2D eigenvalue weighted by Crippen LogP contribution is 2.16. The van der Waals surface area contributed by atoms with Crippen molar-refractivity contribution in [1.29, 1.82) is 0 Å². The van der Waals surface area contributed by atoms with Crippen molar-refractivity contribution in [3.63, 3.8) is 0 Å². The van der Waals surface area contributed by atoms with Crippen molar-refractivity contribution in [2.75, 3.05) is 6.54 Å². The van der Waals surface area contributed by atoms with Crippen LogP contribution in [0.5, 0.6) is 0 Å². The second kappa shape index (κ2) is 7.01. The first-order valence-electron chi connectivity index (χ1n) is 8.15. The number of halogens is 1. The molecule has 2 N–H and O–H groups in total. The monoisotopic (exact) mass is 374 g/mol. The van der Waals surface area contributed by atoms with Crippen molar-refractivity contribution in [1.82, 2.24) is 9.71 Å². The summed E-state index contributed by atoms with van der Waals surface area (Å²) < 4.78 is 40.4. The molecule has 0 fully saturated rings. The molecule has 26 heavy (non-hydrogen) atoms. The van der Waals surface area contributed by atoms with E-state index in [1.165, 1.54) is 19.1 Å². The Bertz CT molecular complexity index is 1140. The number of aromatic nitrogens is 1. The third kappa shape index (κ3) is 3.84. The van der Waals surface area contributed by atoms with Gasteiger partial charge in [0.25, 0.3) is 5.56 Å². The van der Waals surface area contributed by atoms with Crippen LogP contribution in [0.15, 0.2) is 52.2 Å². The Kier molecular flexibility index (Phi) is 4.93. The van der Waals surface area contributed by atoms with E-state index in [0.29, 0.717) is 11.1 Å². The topological polar surface area (TPSA) is 79.0 Å². The number of aryl methyl sites for hydroxylation is 2. The van der Waals surface area contributed by atoms with Crippen molar-refractivity contribution in [2.45, 2.75) is 25.2 Å². The van der Waals surface area contributed by atoms with Crippen molar-refractivity contribution < 1.29 is 12.8 Å². The molecule has 0 amide bonds. The van der Waals surface area contributed by atoms with Gasteiger partial charge in [-0.2, -0.15) is 0 Å². The first-order chi connectivity index (χ1) is 12.3. The van der Waals surface area contributed by atoms with Crippen molar-refractivity contribution >= 4 is 20.9 Å². The zero-order valence-electron chi connectivity index (χ0n) is 14.5. The molecular formula is C19H19FN2O3S. The van der Waals surface area contributed by atoms with Crippen LogP contribution in [-0.2, 0) is 16.4 Å². The third-order valence-electron chi connectivity index (χ3n) is 4.19. The smallest absolute Gasteiger partial charge is 0.251 e. The molecule has 0 saturated carbocycles. The minimum Gasteiger partial charge on any atom is -0.322 e. The fraction of sp³-hybridized carbons (Fsp3) is 0.211. The van der Waals surface area contributed by atoms with Crippen LogP contribution in [-0.4, -0.2) is 19.9 Å². The van der Waals surface area contributed by atoms with Gasteiger partial charge in [-0.25, -0.2) is 17.5 Å². The lowest BCUT2D eigenvalue weighted by atomic mass is 10.1. The first kappa shape index (κ1) is 18.3. The fourth-order valence-electron chi connectivity index (χ4n) is 2.87. The van der Waals surface area contributed by atoms with Gasteiger partial charge in [-0.1, -0.05) is 11.6 Å². The largest absolute Gasteiger partial charge is 0.322 e. The molecule has 0 bridgehead atoms. The van der Waals surface area contributed by atoms with Gasteiger partial charge in [0.2, 0.25) is 10.0 Å². The molecule has 0 aliphatic carbocycles. The molecule has 0 aliphatic heterocycles. The van der Waals surface area contributed by atoms with E-state index < -0.39 is 15.8 Å². The Morgan fingerprint density at radius 3 is 2.58 bits per heavy atom. The lowest BCUT2D eigenvalue weighted by molar-refractivity contribution is 0.579. The average molecular weight is 374 g/mol. The van der Waals surface area contributed by atoms with E-state index in [9.17, 15) is 17.6 Å². The minimum atomic E-state index is -3.77. The maximum absolute atomic E-state index is 13.2. The molecule has 0 unspecified atom stereocenters. The number of fused-ring (bicyclic) bond motifs is 1. The van der Waals surface area contributed by atoms with Crippen LogP contribution < -0.4 is 10.3 Å². The molecule has 136 valence electrons. The number of benzene rings is 2. The van der Waals surface area contributed by atoms with E-state index in [1.54, 1.807) is 6.07 Å². The summed E-state index contributed by atoms with van der Waals surface area (Å²) in [6.07, 6.45) is 0.249. The Morgan fingerprint density at radius 2 is 1.85 bits per heavy atom. The van der Waals surface area contributed by atoms with E-state index in [0.717, 1.165) is 22.5 Å². The number of pyridine rings is 1. The van der Waals surface area contributed by atoms with E-state index in [-0.39, 0.29) is 23.4 Å². The Morgan fingerprint density at radius 1 is 1.08 bits per heavy atom. The molecule has 3 rings (SSSR count). The lowest BCUT2D eigenvalue weighted by Crippen LogP contribution is -2.28. The number of hydrogen-bond acceptors (Lipinski definition) is 3. The summed E-state index contributed by atoms with van der Waals surface area (Å²) in [6.45, 7) is 3.57. The predicted octanol–water partition coefficient (Wildman–Crippen LogP) is 2.81. The minimum absolute atomic E-state index is 0.0296. The van der Waals surface area contributed by atoms with Crippen molar-refractivity contribution in [3.05, 3.63) is 75.3 Å². The maximum atomic E-state index is 13.2. The second-order valence-corrected chi connectivity index (χ2v) is 8.01. The normalized spacial score (nSPS) is 11.8.